The lowest BCUT2D eigenvalue weighted by molar-refractivity contribution is 0.923. The van der Waals surface area contributed by atoms with Crippen molar-refractivity contribution < 1.29 is 0 Å². The van der Waals surface area contributed by atoms with E-state index < -0.39 is 0 Å². The number of rotatable bonds is 2. The molecule has 1 aromatic heterocycles. The molecule has 0 unspecified atom stereocenters. The molecule has 14 heavy (non-hydrogen) atoms. The number of H-pyrrole nitrogens is 1. The van der Waals surface area contributed by atoms with Crippen molar-refractivity contribution in [1.82, 2.24) is 9.97 Å². The average molecular weight is 188 g/mol. The monoisotopic (exact) mass is 188 g/mol. The van der Waals surface area contributed by atoms with Gasteiger partial charge in [-0.3, -0.25) is 0 Å². The van der Waals surface area contributed by atoms with Crippen LogP contribution in [0.3, 0.4) is 0 Å². The molecule has 0 atom stereocenters. The number of fused-ring (bicyclic) bond motifs is 1. The molecule has 0 aliphatic heterocycles. The fourth-order valence-corrected chi connectivity index (χ4v) is 1.55. The summed E-state index contributed by atoms with van der Waals surface area (Å²) in [6.45, 7) is 2.15. The van der Waals surface area contributed by atoms with Crippen LogP contribution in [0, 0.1) is 0 Å². The van der Waals surface area contributed by atoms with E-state index in [0.717, 1.165) is 23.7 Å². The lowest BCUT2D eigenvalue weighted by Crippen LogP contribution is -2.08. The van der Waals surface area contributed by atoms with E-state index in [1.807, 2.05) is 12.1 Å². The molecule has 0 bridgehead atoms. The maximum absolute atomic E-state index is 10.9. The second-order valence-electron chi connectivity index (χ2n) is 3.36. The van der Waals surface area contributed by atoms with Crippen molar-refractivity contribution in [2.75, 3.05) is 0 Å². The van der Waals surface area contributed by atoms with Gasteiger partial charge in [-0.25, -0.2) is 9.78 Å². The SMILES string of the molecule is CCCc1ccc2[nH]c(=O)ncc2c1. The highest BCUT2D eigenvalue weighted by Crippen LogP contribution is 2.12. The summed E-state index contributed by atoms with van der Waals surface area (Å²) in [5.41, 5.74) is 1.85. The van der Waals surface area contributed by atoms with E-state index in [1.54, 1.807) is 6.20 Å². The van der Waals surface area contributed by atoms with Gasteiger partial charge in [0.15, 0.2) is 0 Å². The van der Waals surface area contributed by atoms with Crippen molar-refractivity contribution in [2.24, 2.45) is 0 Å². The molecule has 0 radical (unpaired) electrons. The van der Waals surface area contributed by atoms with Gasteiger partial charge in [-0.05, 0) is 24.1 Å². The Morgan fingerprint density at radius 3 is 3.07 bits per heavy atom. The molecule has 3 heteroatoms. The van der Waals surface area contributed by atoms with E-state index in [-0.39, 0.29) is 5.69 Å². The smallest absolute Gasteiger partial charge is 0.305 e. The van der Waals surface area contributed by atoms with E-state index in [2.05, 4.69) is 23.0 Å². The van der Waals surface area contributed by atoms with Crippen LogP contribution < -0.4 is 5.69 Å². The largest absolute Gasteiger partial charge is 0.345 e. The topological polar surface area (TPSA) is 45.8 Å². The average Bonchev–Trinajstić information content (AvgIpc) is 2.19. The first kappa shape index (κ1) is 8.94. The van der Waals surface area contributed by atoms with Gasteiger partial charge in [0, 0.05) is 11.6 Å². The highest BCUT2D eigenvalue weighted by atomic mass is 16.1. The maximum Gasteiger partial charge on any atom is 0.345 e. The van der Waals surface area contributed by atoms with Crippen molar-refractivity contribution in [1.29, 1.82) is 0 Å². The predicted octanol–water partition coefficient (Wildman–Crippen LogP) is 1.88. The van der Waals surface area contributed by atoms with Crippen molar-refractivity contribution in [2.45, 2.75) is 19.8 Å². The summed E-state index contributed by atoms with van der Waals surface area (Å²) in [6, 6.07) is 6.05. The molecule has 2 aromatic rings. The molecule has 0 aliphatic carbocycles. The Morgan fingerprint density at radius 2 is 2.29 bits per heavy atom. The third kappa shape index (κ3) is 1.66. The van der Waals surface area contributed by atoms with Gasteiger partial charge in [0.05, 0.1) is 5.52 Å². The molecule has 0 amide bonds. The highest BCUT2D eigenvalue weighted by Gasteiger charge is 1.96. The van der Waals surface area contributed by atoms with Crippen LogP contribution in [0.4, 0.5) is 0 Å². The van der Waals surface area contributed by atoms with Crippen LogP contribution in [0.5, 0.6) is 0 Å². The lowest BCUT2D eigenvalue weighted by atomic mass is 10.1. The van der Waals surface area contributed by atoms with Gasteiger partial charge >= 0.3 is 5.69 Å². The number of nitrogens with one attached hydrogen (secondary N) is 1. The number of aromatic nitrogens is 2. The van der Waals surface area contributed by atoms with Crippen LogP contribution >= 0.6 is 0 Å². The first-order valence-electron chi connectivity index (χ1n) is 4.77. The summed E-state index contributed by atoms with van der Waals surface area (Å²) >= 11 is 0. The van der Waals surface area contributed by atoms with Gasteiger partial charge in [-0.1, -0.05) is 19.4 Å². The molecule has 0 fully saturated rings. The first-order chi connectivity index (χ1) is 6.79. The van der Waals surface area contributed by atoms with Crippen LogP contribution in [-0.2, 0) is 6.42 Å². The van der Waals surface area contributed by atoms with Gasteiger partial charge in [0.2, 0.25) is 0 Å². The van der Waals surface area contributed by atoms with Gasteiger partial charge in [0.25, 0.3) is 0 Å². The Labute approximate surface area is 81.8 Å². The summed E-state index contributed by atoms with van der Waals surface area (Å²) < 4.78 is 0. The molecule has 0 saturated heterocycles. The number of aromatic amines is 1. The molecule has 0 aliphatic rings. The van der Waals surface area contributed by atoms with Crippen LogP contribution in [0.1, 0.15) is 18.9 Å². The highest BCUT2D eigenvalue weighted by molar-refractivity contribution is 5.77. The zero-order valence-electron chi connectivity index (χ0n) is 8.08. The van der Waals surface area contributed by atoms with Crippen LogP contribution in [0.15, 0.2) is 29.2 Å². The summed E-state index contributed by atoms with van der Waals surface area (Å²) in [4.78, 5) is 17.3. The zero-order valence-corrected chi connectivity index (χ0v) is 8.08. The quantitative estimate of drug-likeness (QED) is 0.782. The van der Waals surface area contributed by atoms with E-state index in [1.165, 1.54) is 5.56 Å². The van der Waals surface area contributed by atoms with Crippen LogP contribution in [-0.4, -0.2) is 9.97 Å². The van der Waals surface area contributed by atoms with E-state index >= 15 is 0 Å². The maximum atomic E-state index is 10.9. The molecule has 0 spiro atoms. The molecular weight excluding hydrogens is 176 g/mol. The predicted molar refractivity (Wildman–Crippen MR) is 56.4 cm³/mol. The number of aryl methyl sites for hydroxylation is 1. The van der Waals surface area contributed by atoms with Gasteiger partial charge in [0.1, 0.15) is 0 Å². The third-order valence-corrected chi connectivity index (χ3v) is 2.22. The summed E-state index contributed by atoms with van der Waals surface area (Å²) in [5, 5.41) is 0.996. The van der Waals surface area contributed by atoms with Gasteiger partial charge in [-0.2, -0.15) is 0 Å². The van der Waals surface area contributed by atoms with Crippen LogP contribution in [0.25, 0.3) is 10.9 Å². The summed E-state index contributed by atoms with van der Waals surface area (Å²) in [7, 11) is 0. The second kappa shape index (κ2) is 3.62. The summed E-state index contributed by atoms with van der Waals surface area (Å²) in [5.74, 6) is 0. The second-order valence-corrected chi connectivity index (χ2v) is 3.36. The fourth-order valence-electron chi connectivity index (χ4n) is 1.55. The molecule has 1 aromatic carbocycles. The Kier molecular flexibility index (Phi) is 2.31. The minimum absolute atomic E-state index is 0.291. The molecule has 0 saturated carbocycles. The van der Waals surface area contributed by atoms with Gasteiger partial charge < -0.3 is 4.98 Å². The third-order valence-electron chi connectivity index (χ3n) is 2.22. The van der Waals surface area contributed by atoms with E-state index in [9.17, 15) is 4.79 Å². The number of hydrogen-bond donors (Lipinski definition) is 1. The zero-order chi connectivity index (χ0) is 9.97. The standard InChI is InChI=1S/C11H12N2O/c1-2-3-8-4-5-10-9(6-8)7-12-11(14)13-10/h4-7H,2-3H2,1H3,(H,12,13,14). The van der Waals surface area contributed by atoms with Crippen molar-refractivity contribution in [3.05, 3.63) is 40.4 Å². The number of benzene rings is 1. The Hall–Kier alpha value is -1.64. The molecule has 72 valence electrons. The Balaban J connectivity index is 2.56. The van der Waals surface area contributed by atoms with Gasteiger partial charge in [-0.15, -0.1) is 0 Å². The number of hydrogen-bond acceptors (Lipinski definition) is 2. The Bertz CT molecular complexity index is 502. The van der Waals surface area contributed by atoms with E-state index in [4.69, 9.17) is 0 Å². The minimum Gasteiger partial charge on any atom is -0.305 e. The molecule has 3 nitrogen and oxygen atoms in total. The molecule has 1 heterocycles. The normalized spacial score (nSPS) is 10.6. The fraction of sp³-hybridized carbons (Fsp3) is 0.273. The number of nitrogens with zero attached hydrogens (tertiary/aromatic N) is 1. The van der Waals surface area contributed by atoms with Crippen molar-refractivity contribution >= 4 is 10.9 Å². The molecule has 2 rings (SSSR count). The van der Waals surface area contributed by atoms with E-state index in [0.29, 0.717) is 0 Å². The van der Waals surface area contributed by atoms with Crippen LogP contribution in [0.2, 0.25) is 0 Å². The Morgan fingerprint density at radius 1 is 1.43 bits per heavy atom. The van der Waals surface area contributed by atoms with Crippen molar-refractivity contribution in [3.63, 3.8) is 0 Å². The first-order valence-corrected chi connectivity index (χ1v) is 4.77. The van der Waals surface area contributed by atoms with Crippen molar-refractivity contribution in [3.8, 4) is 0 Å². The molecular formula is C11H12N2O. The minimum atomic E-state index is -0.291. The molecule has 1 N–H and O–H groups in total. The lowest BCUT2D eigenvalue weighted by Gasteiger charge is -2.00. The summed E-state index contributed by atoms with van der Waals surface area (Å²) in [6.07, 6.45) is 3.81.